The van der Waals surface area contributed by atoms with Crippen LogP contribution in [0.15, 0.2) is 22.7 Å². The van der Waals surface area contributed by atoms with Gasteiger partial charge in [-0.1, -0.05) is 19.8 Å². The zero-order valence-corrected chi connectivity index (χ0v) is 12.6. The summed E-state index contributed by atoms with van der Waals surface area (Å²) in [5, 5.41) is 10.7. The molecule has 1 aromatic rings. The molecule has 0 atom stereocenters. The molecule has 0 aliphatic rings. The molecule has 0 unspecified atom stereocenters. The van der Waals surface area contributed by atoms with Crippen LogP contribution in [0.4, 0.5) is 5.69 Å². The fraction of sp³-hybridized carbons (Fsp3) is 0.462. The van der Waals surface area contributed by atoms with Crippen molar-refractivity contribution in [2.24, 2.45) is 0 Å². The van der Waals surface area contributed by atoms with E-state index in [0.717, 1.165) is 19.3 Å². The molecule has 0 saturated heterocycles. The quantitative estimate of drug-likeness (QED) is 0.455. The minimum Gasteiger partial charge on any atom is -0.342 e. The van der Waals surface area contributed by atoms with E-state index in [1.807, 2.05) is 0 Å². The smallest absolute Gasteiger partial charge is 0.270 e. The maximum Gasteiger partial charge on any atom is 0.270 e. The van der Waals surface area contributed by atoms with Crippen molar-refractivity contribution in [3.63, 3.8) is 0 Å². The first-order chi connectivity index (χ1) is 8.97. The highest BCUT2D eigenvalue weighted by molar-refractivity contribution is 9.10. The van der Waals surface area contributed by atoms with Crippen LogP contribution < -0.4 is 0 Å². The summed E-state index contributed by atoms with van der Waals surface area (Å²) in [6.45, 7) is 2.75. The summed E-state index contributed by atoms with van der Waals surface area (Å²) in [6, 6.07) is 4.21. The maximum absolute atomic E-state index is 12.2. The van der Waals surface area contributed by atoms with E-state index in [1.54, 1.807) is 11.9 Å². The van der Waals surface area contributed by atoms with Gasteiger partial charge in [-0.15, -0.1) is 0 Å². The molecule has 5 nitrogen and oxygen atoms in total. The minimum atomic E-state index is -0.500. The van der Waals surface area contributed by atoms with Crippen LogP contribution in [0.3, 0.4) is 0 Å². The second-order valence-electron chi connectivity index (χ2n) is 4.36. The molecule has 0 aromatic heterocycles. The standard InChI is InChI=1S/C13H17BrN2O3/c1-3-4-5-8-15(2)13(17)11-9-10(16(18)19)6-7-12(11)14/h6-7,9H,3-5,8H2,1-2H3. The number of halogens is 1. The van der Waals surface area contributed by atoms with Gasteiger partial charge in [-0.2, -0.15) is 0 Å². The van der Waals surface area contributed by atoms with E-state index in [2.05, 4.69) is 22.9 Å². The van der Waals surface area contributed by atoms with E-state index in [4.69, 9.17) is 0 Å². The SMILES string of the molecule is CCCCCN(C)C(=O)c1cc([N+](=O)[O-])ccc1Br. The van der Waals surface area contributed by atoms with Crippen molar-refractivity contribution in [1.29, 1.82) is 0 Å². The molecule has 0 radical (unpaired) electrons. The Bertz CT molecular complexity index is 477. The number of nitro groups is 1. The predicted octanol–water partition coefficient (Wildman–Crippen LogP) is 3.62. The summed E-state index contributed by atoms with van der Waals surface area (Å²) in [4.78, 5) is 24.0. The van der Waals surface area contributed by atoms with Crippen LogP contribution in [0.1, 0.15) is 36.5 Å². The molecule has 0 aliphatic heterocycles. The van der Waals surface area contributed by atoms with Gasteiger partial charge in [0, 0.05) is 30.2 Å². The zero-order chi connectivity index (χ0) is 14.4. The van der Waals surface area contributed by atoms with E-state index >= 15 is 0 Å². The summed E-state index contributed by atoms with van der Waals surface area (Å²) in [5.41, 5.74) is 0.252. The number of nitro benzene ring substituents is 1. The average molecular weight is 329 g/mol. The number of hydrogen-bond donors (Lipinski definition) is 0. The average Bonchev–Trinajstić information content (AvgIpc) is 2.38. The second kappa shape index (κ2) is 7.23. The van der Waals surface area contributed by atoms with Gasteiger partial charge in [-0.25, -0.2) is 0 Å². The third kappa shape index (κ3) is 4.31. The van der Waals surface area contributed by atoms with Gasteiger partial charge < -0.3 is 4.90 Å². The molecule has 1 amide bonds. The van der Waals surface area contributed by atoms with Gasteiger partial charge in [0.05, 0.1) is 10.5 Å². The summed E-state index contributed by atoms with van der Waals surface area (Å²) < 4.78 is 0.574. The molecule has 0 N–H and O–H groups in total. The summed E-state index contributed by atoms with van der Waals surface area (Å²) in [6.07, 6.45) is 3.08. The van der Waals surface area contributed by atoms with Crippen molar-refractivity contribution in [2.45, 2.75) is 26.2 Å². The monoisotopic (exact) mass is 328 g/mol. The lowest BCUT2D eigenvalue weighted by molar-refractivity contribution is -0.384. The highest BCUT2D eigenvalue weighted by Crippen LogP contribution is 2.23. The molecular weight excluding hydrogens is 312 g/mol. The van der Waals surface area contributed by atoms with Gasteiger partial charge in [0.1, 0.15) is 0 Å². The topological polar surface area (TPSA) is 63.5 Å². The normalized spacial score (nSPS) is 10.3. The van der Waals surface area contributed by atoms with E-state index in [-0.39, 0.29) is 11.6 Å². The van der Waals surface area contributed by atoms with E-state index < -0.39 is 4.92 Å². The number of benzene rings is 1. The number of unbranched alkanes of at least 4 members (excludes halogenated alkanes) is 2. The highest BCUT2D eigenvalue weighted by atomic mass is 79.9. The second-order valence-corrected chi connectivity index (χ2v) is 5.21. The van der Waals surface area contributed by atoms with E-state index in [0.29, 0.717) is 16.6 Å². The third-order valence-electron chi connectivity index (χ3n) is 2.83. The Hall–Kier alpha value is -1.43. The van der Waals surface area contributed by atoms with Crippen LogP contribution in [0.2, 0.25) is 0 Å². The summed E-state index contributed by atoms with van der Waals surface area (Å²) in [7, 11) is 1.71. The minimum absolute atomic E-state index is 0.0755. The molecule has 0 aliphatic carbocycles. The number of non-ortho nitro benzene ring substituents is 1. The summed E-state index contributed by atoms with van der Waals surface area (Å²) in [5.74, 6) is -0.202. The number of carbonyl (C=O) groups excluding carboxylic acids is 1. The Labute approximate surface area is 120 Å². The van der Waals surface area contributed by atoms with Crippen LogP contribution in [-0.4, -0.2) is 29.3 Å². The van der Waals surface area contributed by atoms with Crippen molar-refractivity contribution in [2.75, 3.05) is 13.6 Å². The number of rotatable bonds is 6. The molecule has 19 heavy (non-hydrogen) atoms. The number of hydrogen-bond acceptors (Lipinski definition) is 3. The van der Waals surface area contributed by atoms with E-state index in [1.165, 1.54) is 18.2 Å². The molecule has 0 saturated carbocycles. The van der Waals surface area contributed by atoms with Gasteiger partial charge >= 0.3 is 0 Å². The van der Waals surface area contributed by atoms with Crippen molar-refractivity contribution in [1.82, 2.24) is 4.90 Å². The van der Waals surface area contributed by atoms with Crippen LogP contribution in [0.5, 0.6) is 0 Å². The summed E-state index contributed by atoms with van der Waals surface area (Å²) >= 11 is 3.26. The van der Waals surface area contributed by atoms with Crippen molar-refractivity contribution >= 4 is 27.5 Å². The van der Waals surface area contributed by atoms with E-state index in [9.17, 15) is 14.9 Å². The molecule has 1 aromatic carbocycles. The number of nitrogens with zero attached hydrogens (tertiary/aromatic N) is 2. The molecule has 6 heteroatoms. The number of amides is 1. The number of carbonyl (C=O) groups is 1. The maximum atomic E-state index is 12.2. The van der Waals surface area contributed by atoms with Gasteiger partial charge in [0.15, 0.2) is 0 Å². The molecule has 104 valence electrons. The molecule has 0 bridgehead atoms. The fourth-order valence-corrected chi connectivity index (χ4v) is 2.11. The highest BCUT2D eigenvalue weighted by Gasteiger charge is 2.18. The van der Waals surface area contributed by atoms with Crippen LogP contribution in [0, 0.1) is 10.1 Å². The Morgan fingerprint density at radius 3 is 2.68 bits per heavy atom. The molecule has 0 heterocycles. The molecule has 0 fully saturated rings. The molecule has 0 spiro atoms. The Balaban J connectivity index is 2.86. The van der Waals surface area contributed by atoms with Crippen molar-refractivity contribution in [3.8, 4) is 0 Å². The van der Waals surface area contributed by atoms with Crippen molar-refractivity contribution in [3.05, 3.63) is 38.3 Å². The lowest BCUT2D eigenvalue weighted by Crippen LogP contribution is -2.28. The van der Waals surface area contributed by atoms with Gasteiger partial charge in [0.25, 0.3) is 11.6 Å². The lowest BCUT2D eigenvalue weighted by Gasteiger charge is -2.17. The molecular formula is C13H17BrN2O3. The Morgan fingerprint density at radius 2 is 2.11 bits per heavy atom. The van der Waals surface area contributed by atoms with Crippen LogP contribution in [-0.2, 0) is 0 Å². The van der Waals surface area contributed by atoms with Gasteiger partial charge in [-0.3, -0.25) is 14.9 Å². The Morgan fingerprint density at radius 1 is 1.42 bits per heavy atom. The van der Waals surface area contributed by atoms with Crippen LogP contribution in [0.25, 0.3) is 0 Å². The first kappa shape index (κ1) is 15.6. The van der Waals surface area contributed by atoms with Gasteiger partial charge in [-0.05, 0) is 28.4 Å². The fourth-order valence-electron chi connectivity index (χ4n) is 1.70. The van der Waals surface area contributed by atoms with Crippen LogP contribution >= 0.6 is 15.9 Å². The van der Waals surface area contributed by atoms with Gasteiger partial charge in [0.2, 0.25) is 0 Å². The largest absolute Gasteiger partial charge is 0.342 e. The first-order valence-corrected chi connectivity index (χ1v) is 6.96. The molecule has 1 rings (SSSR count). The Kier molecular flexibility index (Phi) is 5.95. The predicted molar refractivity (Wildman–Crippen MR) is 77.3 cm³/mol. The lowest BCUT2D eigenvalue weighted by atomic mass is 10.1. The van der Waals surface area contributed by atoms with Crippen molar-refractivity contribution < 1.29 is 9.72 Å². The third-order valence-corrected chi connectivity index (χ3v) is 3.53. The zero-order valence-electron chi connectivity index (χ0n) is 11.1. The first-order valence-electron chi connectivity index (χ1n) is 6.16.